The van der Waals surface area contributed by atoms with Crippen molar-refractivity contribution in [1.82, 2.24) is 4.57 Å². The SMILES string of the molecule is CCOC(=O)C1=C(C(F)(F)F)N=c2s/c(=C\c3cc(I)c(OCc4ccc([N+](=O)[O-])cc4)c(I)c3)c(=O)n2[C@@H]1c1ccc(Cl)cc1. The number of nitrogens with zero attached hydrogens (tertiary/aromatic N) is 3. The number of aromatic nitrogens is 1. The number of fused-ring (bicyclic) bond motifs is 1. The van der Waals surface area contributed by atoms with E-state index >= 15 is 0 Å². The van der Waals surface area contributed by atoms with E-state index < -0.39 is 39.9 Å². The van der Waals surface area contributed by atoms with Crippen molar-refractivity contribution in [3.8, 4) is 5.75 Å². The van der Waals surface area contributed by atoms with Crippen LogP contribution in [-0.4, -0.2) is 28.2 Å². The second-order valence-corrected chi connectivity index (χ2v) is 13.4. The third-order valence-electron chi connectivity index (χ3n) is 6.63. The molecule has 1 aliphatic heterocycles. The van der Waals surface area contributed by atoms with Crippen LogP contribution in [0.25, 0.3) is 6.08 Å². The minimum atomic E-state index is -5.02. The number of carbonyl (C=O) groups is 1. The first-order chi connectivity index (χ1) is 21.8. The Kier molecular flexibility index (Phi) is 10.2. The van der Waals surface area contributed by atoms with Crippen LogP contribution >= 0.6 is 68.1 Å². The molecule has 0 fully saturated rings. The van der Waals surface area contributed by atoms with Crippen LogP contribution in [0.2, 0.25) is 5.02 Å². The lowest BCUT2D eigenvalue weighted by Crippen LogP contribution is -2.41. The lowest BCUT2D eigenvalue weighted by atomic mass is 9.95. The number of halogens is 6. The maximum Gasteiger partial charge on any atom is 0.434 e. The molecule has 0 spiro atoms. The molecular weight excluding hydrogens is 877 g/mol. The maximum atomic E-state index is 14.3. The monoisotopic (exact) mass is 895 g/mol. The normalized spacial score (nSPS) is 14.9. The first-order valence-corrected chi connectivity index (χ1v) is 16.5. The predicted octanol–water partition coefficient (Wildman–Crippen LogP) is 6.69. The minimum absolute atomic E-state index is 0.0335. The lowest BCUT2D eigenvalue weighted by molar-refractivity contribution is -0.384. The van der Waals surface area contributed by atoms with E-state index in [4.69, 9.17) is 21.1 Å². The van der Waals surface area contributed by atoms with Gasteiger partial charge >= 0.3 is 12.1 Å². The molecule has 0 radical (unpaired) electrons. The first kappa shape index (κ1) is 34.1. The van der Waals surface area contributed by atoms with Gasteiger partial charge in [0.1, 0.15) is 12.4 Å². The largest absolute Gasteiger partial charge is 0.487 e. The Morgan fingerprint density at radius 1 is 1.13 bits per heavy atom. The van der Waals surface area contributed by atoms with Gasteiger partial charge in [-0.25, -0.2) is 9.79 Å². The number of alkyl halides is 3. The van der Waals surface area contributed by atoms with Crippen LogP contribution in [0.5, 0.6) is 5.75 Å². The number of hydrogen-bond acceptors (Lipinski definition) is 8. The van der Waals surface area contributed by atoms with Crippen molar-refractivity contribution in [3.63, 3.8) is 0 Å². The zero-order valence-electron chi connectivity index (χ0n) is 23.3. The number of thiazole rings is 1. The Morgan fingerprint density at radius 2 is 1.76 bits per heavy atom. The molecule has 0 aliphatic carbocycles. The van der Waals surface area contributed by atoms with Crippen LogP contribution in [-0.2, 0) is 16.1 Å². The highest BCUT2D eigenvalue weighted by Gasteiger charge is 2.45. The van der Waals surface area contributed by atoms with Gasteiger partial charge in [-0.05, 0) is 111 Å². The molecule has 0 saturated carbocycles. The summed E-state index contributed by atoms with van der Waals surface area (Å²) in [6.45, 7) is 1.43. The molecule has 1 atom stereocenters. The molecular formula is C30H19ClF3I2N3O6S. The number of carbonyl (C=O) groups excluding carboxylic acids is 1. The Balaban J connectivity index is 1.57. The summed E-state index contributed by atoms with van der Waals surface area (Å²) in [4.78, 5) is 40.8. The number of benzene rings is 3. The van der Waals surface area contributed by atoms with Gasteiger partial charge in [0, 0.05) is 17.2 Å². The van der Waals surface area contributed by atoms with Gasteiger partial charge in [0.25, 0.3) is 11.2 Å². The molecule has 2 heterocycles. The standard InChI is InChI=1S/C30H19ClF3I2N3O6S/c1-2-44-28(41)23-24(17-5-7-18(31)8-6-17)38-27(40)22(46-29(38)37-26(23)30(32,33)34)13-16-11-20(35)25(21(36)12-16)45-14-15-3-9-19(10-4-15)39(42)43/h3-13,24H,2,14H2,1H3/b22-13-/t24-/m1/s1. The fourth-order valence-electron chi connectivity index (χ4n) is 4.62. The summed E-state index contributed by atoms with van der Waals surface area (Å²) in [6, 6.07) is 13.8. The smallest absolute Gasteiger partial charge is 0.434 e. The van der Waals surface area contributed by atoms with Crippen molar-refractivity contribution in [1.29, 1.82) is 0 Å². The van der Waals surface area contributed by atoms with Gasteiger partial charge in [-0.15, -0.1) is 0 Å². The molecule has 16 heteroatoms. The first-order valence-electron chi connectivity index (χ1n) is 13.2. The quantitative estimate of drug-likeness (QED) is 0.0844. The fourth-order valence-corrected chi connectivity index (χ4v) is 7.88. The number of non-ortho nitro benzene ring substituents is 1. The summed E-state index contributed by atoms with van der Waals surface area (Å²) in [5, 5.41) is 11.2. The number of hydrogen-bond donors (Lipinski definition) is 0. The van der Waals surface area contributed by atoms with Gasteiger partial charge in [0.2, 0.25) is 0 Å². The van der Waals surface area contributed by atoms with Gasteiger partial charge in [-0.1, -0.05) is 35.1 Å². The molecule has 0 N–H and O–H groups in total. The Bertz CT molecular complexity index is 2040. The molecule has 5 rings (SSSR count). The molecule has 0 bridgehead atoms. The van der Waals surface area contributed by atoms with E-state index in [-0.39, 0.29) is 33.8 Å². The molecule has 0 saturated heterocycles. The van der Waals surface area contributed by atoms with Crippen molar-refractivity contribution in [2.24, 2.45) is 4.99 Å². The second kappa shape index (κ2) is 13.8. The van der Waals surface area contributed by atoms with Gasteiger partial charge in [-0.2, -0.15) is 13.2 Å². The number of rotatable bonds is 8. The van der Waals surface area contributed by atoms with Gasteiger partial charge in [-0.3, -0.25) is 19.5 Å². The average molecular weight is 896 g/mol. The highest BCUT2D eigenvalue weighted by molar-refractivity contribution is 14.1. The predicted molar refractivity (Wildman–Crippen MR) is 182 cm³/mol. The van der Waals surface area contributed by atoms with Gasteiger partial charge in [0.05, 0.1) is 34.8 Å². The van der Waals surface area contributed by atoms with E-state index in [9.17, 15) is 32.9 Å². The van der Waals surface area contributed by atoms with Crippen LogP contribution in [0, 0.1) is 17.3 Å². The number of ether oxygens (including phenoxy) is 2. The summed E-state index contributed by atoms with van der Waals surface area (Å²) in [5.41, 5.74) is -1.39. The number of allylic oxidation sites excluding steroid dienone is 1. The molecule has 3 aromatic carbocycles. The Labute approximate surface area is 294 Å². The molecule has 0 unspecified atom stereocenters. The highest BCUT2D eigenvalue weighted by Crippen LogP contribution is 2.38. The summed E-state index contributed by atoms with van der Waals surface area (Å²) in [6.07, 6.45) is -3.48. The summed E-state index contributed by atoms with van der Waals surface area (Å²) in [5.74, 6) is -0.684. The maximum absolute atomic E-state index is 14.3. The third kappa shape index (κ3) is 7.16. The van der Waals surface area contributed by atoms with Crippen molar-refractivity contribution in [3.05, 3.63) is 131 Å². The second-order valence-electron chi connectivity index (χ2n) is 9.64. The van der Waals surface area contributed by atoms with E-state index in [1.54, 1.807) is 24.3 Å². The fraction of sp³-hybridized carbons (Fsp3) is 0.167. The molecule has 1 aromatic heterocycles. The van der Waals surface area contributed by atoms with Crippen LogP contribution in [0.1, 0.15) is 29.7 Å². The molecule has 46 heavy (non-hydrogen) atoms. The number of nitro benzene ring substituents is 1. The van der Waals surface area contributed by atoms with E-state index in [0.29, 0.717) is 23.5 Å². The molecule has 238 valence electrons. The van der Waals surface area contributed by atoms with Crippen LogP contribution < -0.4 is 19.6 Å². The zero-order chi connectivity index (χ0) is 33.3. The topological polar surface area (TPSA) is 113 Å². The van der Waals surface area contributed by atoms with E-state index in [0.717, 1.165) is 21.5 Å². The Morgan fingerprint density at radius 3 is 2.33 bits per heavy atom. The van der Waals surface area contributed by atoms with Crippen molar-refractivity contribution in [2.45, 2.75) is 25.7 Å². The minimum Gasteiger partial charge on any atom is -0.487 e. The molecule has 1 aliphatic rings. The van der Waals surface area contributed by atoms with Gasteiger partial charge in [0.15, 0.2) is 10.5 Å². The van der Waals surface area contributed by atoms with Crippen LogP contribution in [0.4, 0.5) is 18.9 Å². The van der Waals surface area contributed by atoms with Crippen LogP contribution in [0.3, 0.4) is 0 Å². The molecule has 4 aromatic rings. The van der Waals surface area contributed by atoms with Crippen molar-refractivity contribution < 1.29 is 32.4 Å². The van der Waals surface area contributed by atoms with E-state index in [1.807, 2.05) is 0 Å². The van der Waals surface area contributed by atoms with Crippen LogP contribution in [0.15, 0.2) is 81.7 Å². The van der Waals surface area contributed by atoms with Crippen molar-refractivity contribution >= 4 is 85.9 Å². The zero-order valence-corrected chi connectivity index (χ0v) is 29.2. The lowest BCUT2D eigenvalue weighted by Gasteiger charge is -2.26. The van der Waals surface area contributed by atoms with E-state index in [2.05, 4.69) is 50.2 Å². The van der Waals surface area contributed by atoms with E-state index in [1.165, 1.54) is 49.4 Å². The highest BCUT2D eigenvalue weighted by atomic mass is 127. The van der Waals surface area contributed by atoms with Crippen molar-refractivity contribution in [2.75, 3.05) is 6.61 Å². The third-order valence-corrected chi connectivity index (χ3v) is 9.47. The number of esters is 1. The Hall–Kier alpha value is -3.29. The molecule has 0 amide bonds. The molecule has 9 nitrogen and oxygen atoms in total. The number of nitro groups is 1. The summed E-state index contributed by atoms with van der Waals surface area (Å²) in [7, 11) is 0. The summed E-state index contributed by atoms with van der Waals surface area (Å²) < 4.78 is 56.5. The van der Waals surface area contributed by atoms with Gasteiger partial charge < -0.3 is 9.47 Å². The average Bonchev–Trinajstić information content (AvgIpc) is 3.30. The summed E-state index contributed by atoms with van der Waals surface area (Å²) >= 11 is 10.9.